The summed E-state index contributed by atoms with van der Waals surface area (Å²) in [6.07, 6.45) is 1.57. The number of benzene rings is 1. The molecule has 5 nitrogen and oxygen atoms in total. The molecule has 24 heavy (non-hydrogen) atoms. The minimum Gasteiger partial charge on any atom is -0.467 e. The van der Waals surface area contributed by atoms with Crippen LogP contribution in [0, 0.1) is 18.6 Å². The zero-order valence-corrected chi connectivity index (χ0v) is 13.4. The lowest BCUT2D eigenvalue weighted by Crippen LogP contribution is -2.11. The first-order valence-corrected chi connectivity index (χ1v) is 7.84. The lowest BCUT2D eigenvalue weighted by Gasteiger charge is -2.04. The van der Waals surface area contributed by atoms with E-state index in [9.17, 15) is 13.6 Å². The van der Waals surface area contributed by atoms with Gasteiger partial charge in [0, 0.05) is 11.8 Å². The van der Waals surface area contributed by atoms with E-state index in [2.05, 4.69) is 15.6 Å². The quantitative estimate of drug-likeness (QED) is 0.725. The van der Waals surface area contributed by atoms with Crippen molar-refractivity contribution in [3.05, 3.63) is 64.6 Å². The number of amides is 1. The van der Waals surface area contributed by atoms with Crippen LogP contribution < -0.4 is 10.6 Å². The van der Waals surface area contributed by atoms with Crippen molar-refractivity contribution in [2.24, 2.45) is 0 Å². The second-order valence-corrected chi connectivity index (χ2v) is 5.98. The second kappa shape index (κ2) is 6.79. The molecule has 0 spiro atoms. The molecular weight excluding hydrogens is 336 g/mol. The van der Waals surface area contributed by atoms with Crippen molar-refractivity contribution in [2.45, 2.75) is 13.5 Å². The molecule has 2 heterocycles. The van der Waals surface area contributed by atoms with E-state index >= 15 is 0 Å². The summed E-state index contributed by atoms with van der Waals surface area (Å²) in [6, 6.07) is 6.44. The van der Waals surface area contributed by atoms with Crippen molar-refractivity contribution in [3.8, 4) is 0 Å². The van der Waals surface area contributed by atoms with Gasteiger partial charge in [0.05, 0.1) is 18.5 Å². The number of nitrogens with one attached hydrogen (secondary N) is 2. The summed E-state index contributed by atoms with van der Waals surface area (Å²) in [5, 5.41) is 6.08. The van der Waals surface area contributed by atoms with E-state index in [4.69, 9.17) is 4.42 Å². The lowest BCUT2D eigenvalue weighted by molar-refractivity contribution is 0.103. The molecule has 2 aromatic heterocycles. The smallest absolute Gasteiger partial charge is 0.267 e. The predicted octanol–water partition coefficient (Wildman–Crippen LogP) is 4.19. The van der Waals surface area contributed by atoms with E-state index in [1.807, 2.05) is 6.07 Å². The maximum Gasteiger partial charge on any atom is 0.267 e. The first-order chi connectivity index (χ1) is 11.5. The Morgan fingerprint density at radius 1 is 1.29 bits per heavy atom. The van der Waals surface area contributed by atoms with Gasteiger partial charge in [-0.1, -0.05) is 11.3 Å². The van der Waals surface area contributed by atoms with Gasteiger partial charge in [0.15, 0.2) is 5.13 Å². The summed E-state index contributed by atoms with van der Waals surface area (Å²) in [5.74, 6) is -1.25. The van der Waals surface area contributed by atoms with Crippen molar-refractivity contribution >= 4 is 28.1 Å². The number of anilines is 2. The number of aromatic nitrogens is 1. The molecule has 2 N–H and O–H groups in total. The molecule has 1 aromatic carbocycles. The summed E-state index contributed by atoms with van der Waals surface area (Å²) in [4.78, 5) is 16.9. The standard InChI is InChI=1S/C16H13F2N3O2S/c1-9-14(15(22)21-12-6-10(17)5-11(18)7-12)24-16(20-9)19-8-13-3-2-4-23-13/h2-7H,8H2,1H3,(H,19,20)(H,21,22). The highest BCUT2D eigenvalue weighted by Crippen LogP contribution is 2.24. The minimum absolute atomic E-state index is 0.0513. The van der Waals surface area contributed by atoms with Crippen molar-refractivity contribution in [1.82, 2.24) is 4.98 Å². The Kier molecular flexibility index (Phi) is 4.57. The molecule has 0 radical (unpaired) electrons. The summed E-state index contributed by atoms with van der Waals surface area (Å²) >= 11 is 1.15. The Bertz CT molecular complexity index is 842. The largest absolute Gasteiger partial charge is 0.467 e. The minimum atomic E-state index is -0.757. The van der Waals surface area contributed by atoms with Gasteiger partial charge < -0.3 is 15.1 Å². The number of furan rings is 1. The Hall–Kier alpha value is -2.74. The van der Waals surface area contributed by atoms with Crippen molar-refractivity contribution in [2.75, 3.05) is 10.6 Å². The number of thiazole rings is 1. The molecule has 3 aromatic rings. The SMILES string of the molecule is Cc1nc(NCc2ccco2)sc1C(=O)Nc1cc(F)cc(F)c1. The van der Waals surface area contributed by atoms with E-state index in [1.165, 1.54) is 0 Å². The topological polar surface area (TPSA) is 67.2 Å². The summed E-state index contributed by atoms with van der Waals surface area (Å²) in [5.41, 5.74) is 0.576. The molecule has 0 unspecified atom stereocenters. The van der Waals surface area contributed by atoms with Crippen LogP contribution >= 0.6 is 11.3 Å². The molecule has 3 rings (SSSR count). The number of carbonyl (C=O) groups excluding carboxylic acids is 1. The monoisotopic (exact) mass is 349 g/mol. The van der Waals surface area contributed by atoms with Gasteiger partial charge in [-0.25, -0.2) is 13.8 Å². The maximum atomic E-state index is 13.2. The van der Waals surface area contributed by atoms with Gasteiger partial charge in [-0.2, -0.15) is 0 Å². The summed E-state index contributed by atoms with van der Waals surface area (Å²) in [7, 11) is 0. The van der Waals surface area contributed by atoms with Gasteiger partial charge in [0.25, 0.3) is 5.91 Å². The van der Waals surface area contributed by atoms with E-state index in [0.29, 0.717) is 22.2 Å². The van der Waals surface area contributed by atoms with Crippen LogP contribution in [0.1, 0.15) is 21.1 Å². The fourth-order valence-corrected chi connectivity index (χ4v) is 2.93. The molecule has 8 heteroatoms. The number of hydrogen-bond donors (Lipinski definition) is 2. The predicted molar refractivity (Wildman–Crippen MR) is 87.2 cm³/mol. The zero-order valence-electron chi connectivity index (χ0n) is 12.6. The van der Waals surface area contributed by atoms with Gasteiger partial charge >= 0.3 is 0 Å². The van der Waals surface area contributed by atoms with Crippen LogP contribution in [-0.2, 0) is 6.54 Å². The van der Waals surface area contributed by atoms with Crippen molar-refractivity contribution in [1.29, 1.82) is 0 Å². The Labute approximate surface area is 140 Å². The van der Waals surface area contributed by atoms with Crippen LogP contribution in [0.5, 0.6) is 0 Å². The second-order valence-electron chi connectivity index (χ2n) is 4.98. The Morgan fingerprint density at radius 2 is 2.04 bits per heavy atom. The molecule has 0 saturated carbocycles. The molecule has 1 amide bonds. The number of rotatable bonds is 5. The molecule has 0 aliphatic carbocycles. The maximum absolute atomic E-state index is 13.2. The van der Waals surface area contributed by atoms with Crippen LogP contribution in [0.15, 0.2) is 41.0 Å². The molecule has 0 fully saturated rings. The summed E-state index contributed by atoms with van der Waals surface area (Å²) in [6.45, 7) is 2.13. The van der Waals surface area contributed by atoms with Crippen LogP contribution in [-0.4, -0.2) is 10.9 Å². The normalized spacial score (nSPS) is 10.6. The zero-order chi connectivity index (χ0) is 17.1. The van der Waals surface area contributed by atoms with Gasteiger partial charge in [-0.05, 0) is 31.2 Å². The lowest BCUT2D eigenvalue weighted by atomic mass is 10.3. The first kappa shape index (κ1) is 16.1. The Balaban J connectivity index is 1.70. The number of carbonyl (C=O) groups is 1. The van der Waals surface area contributed by atoms with Gasteiger partial charge in [-0.15, -0.1) is 0 Å². The molecule has 0 aliphatic rings. The van der Waals surface area contributed by atoms with Gasteiger partial charge in [0.2, 0.25) is 0 Å². The highest BCUT2D eigenvalue weighted by molar-refractivity contribution is 7.17. The third-order valence-electron chi connectivity index (χ3n) is 3.12. The molecule has 0 bridgehead atoms. The number of halogens is 2. The van der Waals surface area contributed by atoms with Gasteiger partial charge in [-0.3, -0.25) is 4.79 Å². The number of aryl methyl sites for hydroxylation is 1. The summed E-state index contributed by atoms with van der Waals surface area (Å²) < 4.78 is 31.6. The molecule has 0 atom stereocenters. The highest BCUT2D eigenvalue weighted by Gasteiger charge is 2.16. The third kappa shape index (κ3) is 3.77. The first-order valence-electron chi connectivity index (χ1n) is 7.02. The Morgan fingerprint density at radius 3 is 2.71 bits per heavy atom. The fraction of sp³-hybridized carbons (Fsp3) is 0.125. The molecule has 0 saturated heterocycles. The van der Waals surface area contributed by atoms with E-state index in [0.717, 1.165) is 35.3 Å². The van der Waals surface area contributed by atoms with E-state index in [1.54, 1.807) is 19.3 Å². The molecular formula is C16H13F2N3O2S. The average Bonchev–Trinajstić information content (AvgIpc) is 3.13. The van der Waals surface area contributed by atoms with Gasteiger partial charge in [0.1, 0.15) is 22.3 Å². The van der Waals surface area contributed by atoms with Crippen LogP contribution in [0.25, 0.3) is 0 Å². The average molecular weight is 349 g/mol. The third-order valence-corrected chi connectivity index (χ3v) is 4.23. The van der Waals surface area contributed by atoms with E-state index < -0.39 is 17.5 Å². The fourth-order valence-electron chi connectivity index (χ4n) is 2.07. The van der Waals surface area contributed by atoms with Crippen LogP contribution in [0.4, 0.5) is 19.6 Å². The molecule has 0 aliphatic heterocycles. The van der Waals surface area contributed by atoms with Crippen molar-refractivity contribution < 1.29 is 18.0 Å². The van der Waals surface area contributed by atoms with E-state index in [-0.39, 0.29) is 5.69 Å². The number of nitrogens with zero attached hydrogens (tertiary/aromatic N) is 1. The molecule has 124 valence electrons. The highest BCUT2D eigenvalue weighted by atomic mass is 32.1. The van der Waals surface area contributed by atoms with Crippen LogP contribution in [0.2, 0.25) is 0 Å². The van der Waals surface area contributed by atoms with Crippen molar-refractivity contribution in [3.63, 3.8) is 0 Å². The number of hydrogen-bond acceptors (Lipinski definition) is 5. The van der Waals surface area contributed by atoms with Crippen LogP contribution in [0.3, 0.4) is 0 Å².